The number of benzene rings is 1. The molecule has 0 spiro atoms. The standard InChI is InChI=1S/C15H24N2O5S/c1-3-12(2)17-23(20,21)14-7-5-13(6-8-14)22-11-15(19)16-9-4-10-18/h5-8,12,17-18H,3-4,9-11H2,1-2H3,(H,16,19)/t12-/m1/s1. The molecule has 0 aliphatic heterocycles. The molecule has 1 aromatic rings. The number of aliphatic hydroxyl groups excluding tert-OH is 1. The van der Waals surface area contributed by atoms with Crippen LogP contribution in [0.2, 0.25) is 0 Å². The lowest BCUT2D eigenvalue weighted by molar-refractivity contribution is -0.123. The second kappa shape index (κ2) is 9.49. The van der Waals surface area contributed by atoms with E-state index >= 15 is 0 Å². The van der Waals surface area contributed by atoms with Crippen LogP contribution in [-0.4, -0.2) is 45.2 Å². The highest BCUT2D eigenvalue weighted by Gasteiger charge is 2.16. The molecule has 0 aliphatic carbocycles. The molecule has 7 nitrogen and oxygen atoms in total. The van der Waals surface area contributed by atoms with E-state index in [1.165, 1.54) is 24.3 Å². The summed E-state index contributed by atoms with van der Waals surface area (Å²) in [5, 5.41) is 11.2. The first kappa shape index (κ1) is 19.4. The Labute approximate surface area is 137 Å². The summed E-state index contributed by atoms with van der Waals surface area (Å²) in [6.07, 6.45) is 1.19. The van der Waals surface area contributed by atoms with Crippen LogP contribution in [0.5, 0.6) is 5.75 Å². The van der Waals surface area contributed by atoms with Gasteiger partial charge in [-0.3, -0.25) is 4.79 Å². The summed E-state index contributed by atoms with van der Waals surface area (Å²) in [6, 6.07) is 5.74. The van der Waals surface area contributed by atoms with Gasteiger partial charge >= 0.3 is 0 Å². The van der Waals surface area contributed by atoms with Gasteiger partial charge in [0, 0.05) is 19.2 Å². The molecule has 0 saturated carbocycles. The summed E-state index contributed by atoms with van der Waals surface area (Å²) in [6.45, 7) is 3.93. The van der Waals surface area contributed by atoms with Crippen LogP contribution in [0, 0.1) is 0 Å². The maximum atomic E-state index is 12.1. The molecule has 0 unspecified atom stereocenters. The molecule has 0 bridgehead atoms. The fourth-order valence-electron chi connectivity index (χ4n) is 1.64. The van der Waals surface area contributed by atoms with Crippen molar-refractivity contribution in [1.82, 2.24) is 10.0 Å². The van der Waals surface area contributed by atoms with Crippen molar-refractivity contribution in [3.05, 3.63) is 24.3 Å². The maximum Gasteiger partial charge on any atom is 0.257 e. The van der Waals surface area contributed by atoms with E-state index in [-0.39, 0.29) is 30.1 Å². The Hall–Kier alpha value is -1.64. The maximum absolute atomic E-state index is 12.1. The lowest BCUT2D eigenvalue weighted by Gasteiger charge is -2.12. The molecule has 130 valence electrons. The van der Waals surface area contributed by atoms with Crippen molar-refractivity contribution in [2.45, 2.75) is 37.6 Å². The molecule has 1 aromatic carbocycles. The average Bonchev–Trinajstić information content (AvgIpc) is 2.53. The van der Waals surface area contributed by atoms with Crippen LogP contribution < -0.4 is 14.8 Å². The third-order valence-corrected chi connectivity index (χ3v) is 4.74. The Bertz CT molecular complexity index is 586. The van der Waals surface area contributed by atoms with Crippen molar-refractivity contribution in [2.75, 3.05) is 19.8 Å². The van der Waals surface area contributed by atoms with Crippen molar-refractivity contribution in [3.63, 3.8) is 0 Å². The van der Waals surface area contributed by atoms with Gasteiger partial charge in [0.25, 0.3) is 5.91 Å². The number of rotatable bonds is 10. The van der Waals surface area contributed by atoms with Crippen molar-refractivity contribution in [2.24, 2.45) is 0 Å². The van der Waals surface area contributed by atoms with Crippen molar-refractivity contribution >= 4 is 15.9 Å². The molecule has 0 aliphatic rings. The second-order valence-corrected chi connectivity index (χ2v) is 6.83. The number of hydrogen-bond acceptors (Lipinski definition) is 5. The predicted octanol–water partition coefficient (Wildman–Crippen LogP) is 0.641. The summed E-state index contributed by atoms with van der Waals surface area (Å²) in [7, 11) is -3.54. The van der Waals surface area contributed by atoms with E-state index in [9.17, 15) is 13.2 Å². The van der Waals surface area contributed by atoms with E-state index < -0.39 is 10.0 Å². The topological polar surface area (TPSA) is 105 Å². The highest BCUT2D eigenvalue weighted by Crippen LogP contribution is 2.16. The molecule has 3 N–H and O–H groups in total. The minimum atomic E-state index is -3.54. The van der Waals surface area contributed by atoms with Crippen LogP contribution in [-0.2, 0) is 14.8 Å². The molecule has 0 fully saturated rings. The van der Waals surface area contributed by atoms with Crippen LogP contribution in [0.25, 0.3) is 0 Å². The molecular weight excluding hydrogens is 320 g/mol. The number of carbonyl (C=O) groups excluding carboxylic acids is 1. The fourth-order valence-corrected chi connectivity index (χ4v) is 2.96. The number of nitrogens with one attached hydrogen (secondary N) is 2. The number of ether oxygens (including phenoxy) is 1. The third-order valence-electron chi connectivity index (χ3n) is 3.13. The minimum absolute atomic E-state index is 0.0156. The van der Waals surface area contributed by atoms with Crippen LogP contribution >= 0.6 is 0 Å². The Balaban J connectivity index is 2.55. The van der Waals surface area contributed by atoms with Gasteiger partial charge in [0.15, 0.2) is 6.61 Å². The van der Waals surface area contributed by atoms with Gasteiger partial charge in [0.1, 0.15) is 5.75 Å². The number of carbonyl (C=O) groups is 1. The Morgan fingerprint density at radius 2 is 1.96 bits per heavy atom. The first-order valence-electron chi connectivity index (χ1n) is 7.51. The van der Waals surface area contributed by atoms with Crippen molar-refractivity contribution in [1.29, 1.82) is 0 Å². The average molecular weight is 344 g/mol. The van der Waals surface area contributed by atoms with Crippen LogP contribution in [0.15, 0.2) is 29.2 Å². The molecule has 0 radical (unpaired) electrons. The molecular formula is C15H24N2O5S. The van der Waals surface area contributed by atoms with Crippen LogP contribution in [0.4, 0.5) is 0 Å². The quantitative estimate of drug-likeness (QED) is 0.540. The largest absolute Gasteiger partial charge is 0.484 e. The van der Waals surface area contributed by atoms with E-state index in [0.29, 0.717) is 25.1 Å². The number of amides is 1. The highest BCUT2D eigenvalue weighted by molar-refractivity contribution is 7.89. The van der Waals surface area contributed by atoms with E-state index in [0.717, 1.165) is 0 Å². The summed E-state index contributed by atoms with van der Waals surface area (Å²) < 4.78 is 32.0. The molecule has 0 saturated heterocycles. The predicted molar refractivity (Wildman–Crippen MR) is 86.7 cm³/mol. The number of aliphatic hydroxyl groups is 1. The fraction of sp³-hybridized carbons (Fsp3) is 0.533. The monoisotopic (exact) mass is 344 g/mol. The number of sulfonamides is 1. The molecule has 1 rings (SSSR count). The van der Waals surface area contributed by atoms with Crippen molar-refractivity contribution < 1.29 is 23.1 Å². The zero-order valence-electron chi connectivity index (χ0n) is 13.4. The van der Waals surface area contributed by atoms with Gasteiger partial charge in [-0.15, -0.1) is 0 Å². The van der Waals surface area contributed by atoms with Gasteiger partial charge < -0.3 is 15.2 Å². The molecule has 23 heavy (non-hydrogen) atoms. The zero-order valence-corrected chi connectivity index (χ0v) is 14.2. The highest BCUT2D eigenvalue weighted by atomic mass is 32.2. The lowest BCUT2D eigenvalue weighted by Crippen LogP contribution is -2.32. The van der Waals surface area contributed by atoms with Gasteiger partial charge in [-0.2, -0.15) is 0 Å². The number of hydrogen-bond donors (Lipinski definition) is 3. The van der Waals surface area contributed by atoms with E-state index in [1.54, 1.807) is 6.92 Å². The van der Waals surface area contributed by atoms with Crippen LogP contribution in [0.3, 0.4) is 0 Å². The van der Waals surface area contributed by atoms with Gasteiger partial charge in [-0.05, 0) is 44.0 Å². The Morgan fingerprint density at radius 3 is 2.52 bits per heavy atom. The normalized spacial score (nSPS) is 12.7. The molecule has 1 amide bonds. The van der Waals surface area contributed by atoms with Crippen molar-refractivity contribution in [3.8, 4) is 5.75 Å². The lowest BCUT2D eigenvalue weighted by atomic mass is 10.3. The first-order valence-corrected chi connectivity index (χ1v) is 9.00. The Kier molecular flexibility index (Phi) is 8.01. The smallest absolute Gasteiger partial charge is 0.257 e. The van der Waals surface area contributed by atoms with Gasteiger partial charge in [-0.25, -0.2) is 13.1 Å². The first-order chi connectivity index (χ1) is 10.9. The summed E-state index contributed by atoms with van der Waals surface area (Å²) in [4.78, 5) is 11.6. The third kappa shape index (κ3) is 6.98. The van der Waals surface area contributed by atoms with Gasteiger partial charge in [0.05, 0.1) is 4.90 Å². The summed E-state index contributed by atoms with van der Waals surface area (Å²) in [5.74, 6) is 0.110. The van der Waals surface area contributed by atoms with E-state index in [1.807, 2.05) is 6.92 Å². The molecule has 1 atom stereocenters. The van der Waals surface area contributed by atoms with Gasteiger partial charge in [-0.1, -0.05) is 6.92 Å². The van der Waals surface area contributed by atoms with E-state index in [4.69, 9.17) is 9.84 Å². The molecule has 0 aromatic heterocycles. The second-order valence-electron chi connectivity index (χ2n) is 5.12. The van der Waals surface area contributed by atoms with E-state index in [2.05, 4.69) is 10.0 Å². The summed E-state index contributed by atoms with van der Waals surface area (Å²) >= 11 is 0. The summed E-state index contributed by atoms with van der Waals surface area (Å²) in [5.41, 5.74) is 0. The minimum Gasteiger partial charge on any atom is -0.484 e. The SMILES string of the molecule is CC[C@@H](C)NS(=O)(=O)c1ccc(OCC(=O)NCCCO)cc1. The van der Waals surface area contributed by atoms with Gasteiger partial charge in [0.2, 0.25) is 10.0 Å². The Morgan fingerprint density at radius 1 is 1.30 bits per heavy atom. The molecule has 8 heteroatoms. The van der Waals surface area contributed by atoms with Crippen LogP contribution in [0.1, 0.15) is 26.7 Å². The zero-order chi connectivity index (χ0) is 17.3. The molecule has 0 heterocycles.